The van der Waals surface area contributed by atoms with Crippen LogP contribution in [0.3, 0.4) is 0 Å². The van der Waals surface area contributed by atoms with Crippen molar-refractivity contribution in [1.29, 1.82) is 0 Å². The molecule has 20 heavy (non-hydrogen) atoms. The lowest BCUT2D eigenvalue weighted by molar-refractivity contribution is 0.409. The van der Waals surface area contributed by atoms with Crippen molar-refractivity contribution in [3.63, 3.8) is 0 Å². The van der Waals surface area contributed by atoms with Gasteiger partial charge in [-0.15, -0.1) is 22.7 Å². The van der Waals surface area contributed by atoms with Crippen molar-refractivity contribution >= 4 is 34.3 Å². The number of hydrogen-bond acceptors (Lipinski definition) is 3. The zero-order valence-electron chi connectivity index (χ0n) is 11.7. The van der Waals surface area contributed by atoms with Gasteiger partial charge >= 0.3 is 0 Å². The van der Waals surface area contributed by atoms with Crippen molar-refractivity contribution < 1.29 is 0 Å². The summed E-state index contributed by atoms with van der Waals surface area (Å²) < 4.78 is 0. The Hall–Kier alpha value is -0.350. The Morgan fingerprint density at radius 2 is 2.20 bits per heavy atom. The zero-order valence-corrected chi connectivity index (χ0v) is 14.1. The Balaban J connectivity index is 1.93. The van der Waals surface area contributed by atoms with Crippen LogP contribution in [0.2, 0.25) is 5.02 Å². The third-order valence-corrected chi connectivity index (χ3v) is 6.48. The normalized spacial score (nSPS) is 19.8. The highest BCUT2D eigenvalue weighted by Crippen LogP contribution is 2.45. The maximum atomic E-state index is 6.41. The molecule has 1 N–H and O–H groups in total. The predicted molar refractivity (Wildman–Crippen MR) is 90.4 cm³/mol. The van der Waals surface area contributed by atoms with Gasteiger partial charge in [0.25, 0.3) is 0 Å². The molecule has 0 aromatic carbocycles. The second-order valence-electron chi connectivity index (χ2n) is 5.36. The fourth-order valence-electron chi connectivity index (χ4n) is 3.11. The van der Waals surface area contributed by atoms with E-state index < -0.39 is 0 Å². The van der Waals surface area contributed by atoms with Gasteiger partial charge in [0, 0.05) is 21.7 Å². The van der Waals surface area contributed by atoms with Crippen LogP contribution >= 0.6 is 34.3 Å². The van der Waals surface area contributed by atoms with E-state index in [4.69, 9.17) is 11.6 Å². The lowest BCUT2D eigenvalue weighted by Crippen LogP contribution is -2.29. The van der Waals surface area contributed by atoms with Crippen LogP contribution in [-0.4, -0.2) is 6.54 Å². The topological polar surface area (TPSA) is 12.0 Å². The number of aryl methyl sites for hydroxylation is 1. The van der Waals surface area contributed by atoms with E-state index >= 15 is 0 Å². The van der Waals surface area contributed by atoms with Crippen LogP contribution in [0.15, 0.2) is 22.9 Å². The first-order valence-electron chi connectivity index (χ1n) is 7.33. The smallest absolute Gasteiger partial charge is 0.0561 e. The van der Waals surface area contributed by atoms with Crippen LogP contribution in [0.1, 0.15) is 53.5 Å². The summed E-state index contributed by atoms with van der Waals surface area (Å²) in [7, 11) is 0. The van der Waals surface area contributed by atoms with Gasteiger partial charge in [-0.05, 0) is 60.7 Å². The van der Waals surface area contributed by atoms with Crippen molar-refractivity contribution in [1.82, 2.24) is 5.32 Å². The molecule has 0 saturated carbocycles. The molecule has 4 heteroatoms. The van der Waals surface area contributed by atoms with Crippen molar-refractivity contribution in [3.05, 3.63) is 43.2 Å². The number of nitrogens with one attached hydrogen (secondary N) is 1. The van der Waals surface area contributed by atoms with E-state index in [-0.39, 0.29) is 0 Å². The molecule has 0 saturated heterocycles. The summed E-state index contributed by atoms with van der Waals surface area (Å²) in [5.74, 6) is 0.577. The average molecular weight is 326 g/mol. The second-order valence-corrected chi connectivity index (χ2v) is 7.72. The highest BCUT2D eigenvalue weighted by atomic mass is 35.5. The van der Waals surface area contributed by atoms with Gasteiger partial charge in [-0.2, -0.15) is 0 Å². The Morgan fingerprint density at radius 3 is 2.95 bits per heavy atom. The maximum absolute atomic E-state index is 6.41. The first kappa shape index (κ1) is 14.6. The molecule has 2 aromatic heterocycles. The van der Waals surface area contributed by atoms with Crippen molar-refractivity contribution in [2.75, 3.05) is 6.54 Å². The van der Waals surface area contributed by atoms with Gasteiger partial charge in [-0.3, -0.25) is 0 Å². The molecule has 0 amide bonds. The molecule has 1 nitrogen and oxygen atoms in total. The van der Waals surface area contributed by atoms with E-state index in [0.717, 1.165) is 18.0 Å². The number of thiophene rings is 2. The van der Waals surface area contributed by atoms with E-state index in [2.05, 4.69) is 29.1 Å². The molecule has 0 spiro atoms. The molecule has 2 atom stereocenters. The largest absolute Gasteiger partial charge is 0.309 e. The molecule has 2 heterocycles. The molecule has 2 aromatic rings. The molecule has 0 bridgehead atoms. The van der Waals surface area contributed by atoms with Crippen molar-refractivity contribution in [2.45, 2.75) is 44.6 Å². The SMILES string of the molecule is CCCNC(c1sccc1Cl)C1CCCc2sccc21. The molecule has 1 aliphatic carbocycles. The number of hydrogen-bond donors (Lipinski definition) is 1. The average Bonchev–Trinajstić information content (AvgIpc) is 3.09. The summed E-state index contributed by atoms with van der Waals surface area (Å²) in [5.41, 5.74) is 1.55. The summed E-state index contributed by atoms with van der Waals surface area (Å²) in [5, 5.41) is 9.02. The first-order valence-corrected chi connectivity index (χ1v) is 9.47. The van der Waals surface area contributed by atoms with E-state index in [9.17, 15) is 0 Å². The van der Waals surface area contributed by atoms with Crippen LogP contribution in [0.25, 0.3) is 0 Å². The van der Waals surface area contributed by atoms with Crippen LogP contribution in [0.4, 0.5) is 0 Å². The van der Waals surface area contributed by atoms with E-state index in [1.807, 2.05) is 17.4 Å². The van der Waals surface area contributed by atoms with Crippen LogP contribution in [0.5, 0.6) is 0 Å². The van der Waals surface area contributed by atoms with Crippen LogP contribution in [0, 0.1) is 0 Å². The van der Waals surface area contributed by atoms with Gasteiger partial charge in [0.15, 0.2) is 0 Å². The number of fused-ring (bicyclic) bond motifs is 1. The van der Waals surface area contributed by atoms with Crippen molar-refractivity contribution in [3.8, 4) is 0 Å². The maximum Gasteiger partial charge on any atom is 0.0561 e. The third-order valence-electron chi connectivity index (χ3n) is 4.04. The first-order chi connectivity index (χ1) is 9.81. The molecule has 0 fully saturated rings. The van der Waals surface area contributed by atoms with Gasteiger partial charge in [-0.25, -0.2) is 0 Å². The summed E-state index contributed by atoms with van der Waals surface area (Å²) in [4.78, 5) is 2.89. The van der Waals surface area contributed by atoms with Crippen molar-refractivity contribution in [2.24, 2.45) is 0 Å². The van der Waals surface area contributed by atoms with E-state index in [1.54, 1.807) is 21.8 Å². The fraction of sp³-hybridized carbons (Fsp3) is 0.500. The van der Waals surface area contributed by atoms with E-state index in [0.29, 0.717) is 12.0 Å². The highest BCUT2D eigenvalue weighted by Gasteiger charge is 2.31. The monoisotopic (exact) mass is 325 g/mol. The van der Waals surface area contributed by atoms with Gasteiger partial charge in [0.05, 0.1) is 5.02 Å². The summed E-state index contributed by atoms with van der Waals surface area (Å²) in [6, 6.07) is 4.72. The van der Waals surface area contributed by atoms with Crippen LogP contribution < -0.4 is 5.32 Å². The summed E-state index contributed by atoms with van der Waals surface area (Å²) >= 11 is 10.1. The highest BCUT2D eigenvalue weighted by molar-refractivity contribution is 7.10. The number of halogens is 1. The Labute approximate surface area is 134 Å². The lowest BCUT2D eigenvalue weighted by atomic mass is 9.82. The Bertz CT molecular complexity index is 560. The fourth-order valence-corrected chi connectivity index (χ4v) is 5.42. The van der Waals surface area contributed by atoms with Gasteiger partial charge in [0.2, 0.25) is 0 Å². The third kappa shape index (κ3) is 2.82. The van der Waals surface area contributed by atoms with Gasteiger partial charge in [-0.1, -0.05) is 18.5 Å². The van der Waals surface area contributed by atoms with Gasteiger partial charge < -0.3 is 5.32 Å². The lowest BCUT2D eigenvalue weighted by Gasteiger charge is -2.31. The van der Waals surface area contributed by atoms with Crippen LogP contribution in [-0.2, 0) is 6.42 Å². The molecule has 2 unspecified atom stereocenters. The molecular weight excluding hydrogens is 306 g/mol. The summed E-state index contributed by atoms with van der Waals surface area (Å²) in [6.07, 6.45) is 4.97. The molecule has 1 aliphatic rings. The Kier molecular flexibility index (Phi) is 4.82. The summed E-state index contributed by atoms with van der Waals surface area (Å²) in [6.45, 7) is 3.27. The quantitative estimate of drug-likeness (QED) is 0.751. The molecule has 3 rings (SSSR count). The molecule has 0 radical (unpaired) electrons. The minimum atomic E-state index is 0.371. The van der Waals surface area contributed by atoms with Gasteiger partial charge in [0.1, 0.15) is 0 Å². The minimum Gasteiger partial charge on any atom is -0.309 e. The standard InChI is InChI=1S/C16H20ClNS2/c1-2-8-18-15(16-13(17)7-10-20-16)12-4-3-5-14-11(12)6-9-19-14/h6-7,9-10,12,15,18H,2-5,8H2,1H3. The molecule has 0 aliphatic heterocycles. The Morgan fingerprint density at radius 1 is 1.35 bits per heavy atom. The zero-order chi connectivity index (χ0) is 13.9. The minimum absolute atomic E-state index is 0.371. The van der Waals surface area contributed by atoms with E-state index in [1.165, 1.54) is 24.1 Å². The predicted octanol–water partition coefficient (Wildman–Crippen LogP) is 5.62. The molecular formula is C16H20ClNS2. The number of rotatable bonds is 5. The second kappa shape index (κ2) is 6.61. The molecule has 108 valence electrons.